The fraction of sp³-hybridized carbons (Fsp3) is 0.400. The van der Waals surface area contributed by atoms with Crippen LogP contribution in [0.15, 0.2) is 39.6 Å². The summed E-state index contributed by atoms with van der Waals surface area (Å²) < 4.78 is 4.33. The van der Waals surface area contributed by atoms with Gasteiger partial charge in [-0.05, 0) is 35.4 Å². The molecule has 6 nitrogen and oxygen atoms in total. The first-order valence-corrected chi connectivity index (χ1v) is 7.05. The van der Waals surface area contributed by atoms with E-state index < -0.39 is 11.7 Å². The van der Waals surface area contributed by atoms with Crippen LogP contribution in [0.5, 0.6) is 0 Å². The number of carbonyl (C=O) groups excluding carboxylic acids is 1. The lowest BCUT2D eigenvalue weighted by Crippen LogP contribution is -2.43. The van der Waals surface area contributed by atoms with Gasteiger partial charge in [0.05, 0.1) is 0 Å². The SMILES string of the molecule is O=C(NCC1(Cc2ccccc2)CCC1)c1noc(=O)[nH]1. The highest BCUT2D eigenvalue weighted by atomic mass is 16.5. The smallest absolute Gasteiger partial charge is 0.349 e. The van der Waals surface area contributed by atoms with Crippen molar-refractivity contribution in [2.24, 2.45) is 5.41 Å². The predicted octanol–water partition coefficient (Wildman–Crippen LogP) is 1.51. The summed E-state index contributed by atoms with van der Waals surface area (Å²) in [5.74, 6) is -1.20. The quantitative estimate of drug-likeness (QED) is 0.872. The van der Waals surface area contributed by atoms with Crippen LogP contribution >= 0.6 is 0 Å². The lowest BCUT2D eigenvalue weighted by molar-refractivity contribution is 0.0847. The third-order valence-electron chi connectivity index (χ3n) is 4.12. The van der Waals surface area contributed by atoms with Gasteiger partial charge in [-0.25, -0.2) is 4.79 Å². The molecule has 0 unspecified atom stereocenters. The number of hydrogen-bond acceptors (Lipinski definition) is 4. The van der Waals surface area contributed by atoms with Gasteiger partial charge in [0.15, 0.2) is 0 Å². The van der Waals surface area contributed by atoms with Gasteiger partial charge >= 0.3 is 5.76 Å². The molecule has 1 amide bonds. The molecular weight excluding hydrogens is 270 g/mol. The van der Waals surface area contributed by atoms with Crippen LogP contribution in [0.3, 0.4) is 0 Å². The summed E-state index contributed by atoms with van der Waals surface area (Å²) in [6.07, 6.45) is 4.32. The Morgan fingerprint density at radius 3 is 2.67 bits per heavy atom. The van der Waals surface area contributed by atoms with Gasteiger partial charge < -0.3 is 5.32 Å². The summed E-state index contributed by atoms with van der Waals surface area (Å²) in [6, 6.07) is 10.3. The summed E-state index contributed by atoms with van der Waals surface area (Å²) in [6.45, 7) is 0.579. The van der Waals surface area contributed by atoms with Crippen LogP contribution in [0.4, 0.5) is 0 Å². The van der Waals surface area contributed by atoms with Crippen molar-refractivity contribution in [1.82, 2.24) is 15.5 Å². The molecule has 110 valence electrons. The van der Waals surface area contributed by atoms with E-state index in [1.165, 1.54) is 12.0 Å². The number of aromatic nitrogens is 2. The van der Waals surface area contributed by atoms with Crippen molar-refractivity contribution >= 4 is 5.91 Å². The first-order chi connectivity index (χ1) is 10.2. The van der Waals surface area contributed by atoms with Crippen LogP contribution < -0.4 is 11.1 Å². The molecule has 1 aromatic carbocycles. The van der Waals surface area contributed by atoms with Gasteiger partial charge in [0.25, 0.3) is 5.91 Å². The van der Waals surface area contributed by atoms with E-state index in [2.05, 4.69) is 32.1 Å². The molecular formula is C15H17N3O3. The minimum atomic E-state index is -0.720. The van der Waals surface area contributed by atoms with Gasteiger partial charge in [-0.1, -0.05) is 36.8 Å². The van der Waals surface area contributed by atoms with Gasteiger partial charge in [0.1, 0.15) is 0 Å². The Labute approximate surface area is 121 Å². The number of amides is 1. The standard InChI is InChI=1S/C15H17N3O3/c19-13(12-17-14(20)21-18-12)16-10-15(7-4-8-15)9-11-5-2-1-3-6-11/h1-3,5-6H,4,7-10H2,(H,16,19)(H,17,18,20). The average molecular weight is 287 g/mol. The molecule has 6 heteroatoms. The number of nitrogens with one attached hydrogen (secondary N) is 2. The zero-order chi connectivity index (χ0) is 14.7. The van der Waals surface area contributed by atoms with Gasteiger partial charge in [-0.2, -0.15) is 0 Å². The summed E-state index contributed by atoms with van der Waals surface area (Å²) in [5.41, 5.74) is 1.39. The van der Waals surface area contributed by atoms with E-state index in [9.17, 15) is 9.59 Å². The second-order valence-corrected chi connectivity index (χ2v) is 5.64. The highest BCUT2D eigenvalue weighted by Crippen LogP contribution is 2.43. The number of rotatable bonds is 5. The van der Waals surface area contributed by atoms with Crippen molar-refractivity contribution in [3.8, 4) is 0 Å². The number of aromatic amines is 1. The van der Waals surface area contributed by atoms with E-state index >= 15 is 0 Å². The summed E-state index contributed by atoms with van der Waals surface area (Å²) in [5, 5.41) is 6.23. The number of H-pyrrole nitrogens is 1. The van der Waals surface area contributed by atoms with E-state index in [0.29, 0.717) is 6.54 Å². The molecule has 0 saturated heterocycles. The summed E-state index contributed by atoms with van der Waals surface area (Å²) in [7, 11) is 0. The molecule has 1 saturated carbocycles. The van der Waals surface area contributed by atoms with E-state index in [-0.39, 0.29) is 11.2 Å². The van der Waals surface area contributed by atoms with E-state index in [0.717, 1.165) is 19.3 Å². The Kier molecular flexibility index (Phi) is 3.60. The first-order valence-electron chi connectivity index (χ1n) is 7.05. The number of carbonyl (C=O) groups is 1. The maximum absolute atomic E-state index is 11.9. The Morgan fingerprint density at radius 1 is 1.33 bits per heavy atom. The van der Waals surface area contributed by atoms with Crippen LogP contribution in [-0.4, -0.2) is 22.6 Å². The zero-order valence-electron chi connectivity index (χ0n) is 11.6. The van der Waals surface area contributed by atoms with Gasteiger partial charge in [-0.15, -0.1) is 0 Å². The van der Waals surface area contributed by atoms with Gasteiger partial charge in [0, 0.05) is 6.54 Å². The molecule has 0 bridgehead atoms. The fourth-order valence-electron chi connectivity index (χ4n) is 2.80. The Morgan fingerprint density at radius 2 is 2.10 bits per heavy atom. The van der Waals surface area contributed by atoms with E-state index in [1.54, 1.807) is 0 Å². The Bertz CT molecular complexity index is 671. The molecule has 0 atom stereocenters. The topological polar surface area (TPSA) is 88.0 Å². The van der Waals surface area contributed by atoms with Crippen LogP contribution in [0.25, 0.3) is 0 Å². The van der Waals surface area contributed by atoms with Crippen molar-refractivity contribution in [2.45, 2.75) is 25.7 Å². The molecule has 1 heterocycles. The largest absolute Gasteiger partial charge is 0.439 e. The second-order valence-electron chi connectivity index (χ2n) is 5.64. The van der Waals surface area contributed by atoms with Gasteiger partial charge in [0.2, 0.25) is 5.82 Å². The molecule has 0 radical (unpaired) electrons. The molecule has 1 fully saturated rings. The Hall–Kier alpha value is -2.37. The number of hydrogen-bond donors (Lipinski definition) is 2. The second kappa shape index (κ2) is 5.55. The van der Waals surface area contributed by atoms with Crippen molar-refractivity contribution in [3.63, 3.8) is 0 Å². The highest BCUT2D eigenvalue weighted by molar-refractivity contribution is 5.90. The molecule has 21 heavy (non-hydrogen) atoms. The molecule has 1 aliphatic carbocycles. The van der Waals surface area contributed by atoms with Crippen molar-refractivity contribution in [3.05, 3.63) is 52.3 Å². The highest BCUT2D eigenvalue weighted by Gasteiger charge is 2.37. The number of nitrogens with zero attached hydrogens (tertiary/aromatic N) is 1. The normalized spacial score (nSPS) is 16.2. The molecule has 1 aliphatic rings. The Balaban J connectivity index is 1.62. The lowest BCUT2D eigenvalue weighted by Gasteiger charge is -2.42. The van der Waals surface area contributed by atoms with Crippen LogP contribution in [-0.2, 0) is 6.42 Å². The molecule has 2 aromatic rings. The van der Waals surface area contributed by atoms with E-state index in [4.69, 9.17) is 0 Å². The van der Waals surface area contributed by atoms with E-state index in [1.807, 2.05) is 18.2 Å². The minimum Gasteiger partial charge on any atom is -0.349 e. The number of benzene rings is 1. The average Bonchev–Trinajstić information content (AvgIpc) is 2.89. The minimum absolute atomic E-state index is 0.0748. The van der Waals surface area contributed by atoms with Crippen molar-refractivity contribution in [1.29, 1.82) is 0 Å². The van der Waals surface area contributed by atoms with Crippen LogP contribution in [0.2, 0.25) is 0 Å². The van der Waals surface area contributed by atoms with Crippen LogP contribution in [0.1, 0.15) is 35.4 Å². The first kappa shape index (κ1) is 13.6. The zero-order valence-corrected chi connectivity index (χ0v) is 11.6. The third kappa shape index (κ3) is 3.04. The maximum atomic E-state index is 11.9. The maximum Gasteiger partial charge on any atom is 0.439 e. The molecule has 0 spiro atoms. The third-order valence-corrected chi connectivity index (χ3v) is 4.12. The molecule has 3 rings (SSSR count). The molecule has 0 aliphatic heterocycles. The monoisotopic (exact) mass is 287 g/mol. The van der Waals surface area contributed by atoms with Gasteiger partial charge in [-0.3, -0.25) is 14.3 Å². The lowest BCUT2D eigenvalue weighted by atomic mass is 9.65. The predicted molar refractivity (Wildman–Crippen MR) is 75.9 cm³/mol. The summed E-state index contributed by atoms with van der Waals surface area (Å²) >= 11 is 0. The van der Waals surface area contributed by atoms with Crippen molar-refractivity contribution in [2.75, 3.05) is 6.54 Å². The van der Waals surface area contributed by atoms with Crippen molar-refractivity contribution < 1.29 is 9.32 Å². The summed E-state index contributed by atoms with van der Waals surface area (Å²) in [4.78, 5) is 25.0. The molecule has 2 N–H and O–H groups in total. The fourth-order valence-corrected chi connectivity index (χ4v) is 2.80. The van der Waals surface area contributed by atoms with Crippen LogP contribution in [0, 0.1) is 5.41 Å². The molecule has 1 aromatic heterocycles.